The molecule has 0 aromatic heterocycles. The number of ether oxygens (including phenoxy) is 1. The highest BCUT2D eigenvalue weighted by molar-refractivity contribution is 5.74. The van der Waals surface area contributed by atoms with Gasteiger partial charge in [-0.1, -0.05) is 0 Å². The molecule has 0 saturated carbocycles. The summed E-state index contributed by atoms with van der Waals surface area (Å²) in [5, 5.41) is 2.77. The van der Waals surface area contributed by atoms with Gasteiger partial charge in [-0.15, -0.1) is 0 Å². The van der Waals surface area contributed by atoms with E-state index in [0.717, 1.165) is 6.42 Å². The van der Waals surface area contributed by atoms with Gasteiger partial charge in [0, 0.05) is 20.0 Å². The van der Waals surface area contributed by atoms with E-state index in [4.69, 9.17) is 4.74 Å². The molecule has 1 fully saturated rings. The second-order valence-electron chi connectivity index (χ2n) is 5.10. The van der Waals surface area contributed by atoms with Gasteiger partial charge in [0.15, 0.2) is 0 Å². The smallest absolute Gasteiger partial charge is 0.407 e. The van der Waals surface area contributed by atoms with Crippen LogP contribution in [0.4, 0.5) is 4.79 Å². The van der Waals surface area contributed by atoms with Gasteiger partial charge in [0.05, 0.1) is 6.04 Å². The van der Waals surface area contributed by atoms with E-state index in [0.29, 0.717) is 13.1 Å². The molecule has 0 unspecified atom stereocenters. The highest BCUT2D eigenvalue weighted by atomic mass is 16.6. The normalized spacial score (nSPS) is 20.8. The second kappa shape index (κ2) is 4.72. The molecule has 1 aliphatic rings. The van der Waals surface area contributed by atoms with Gasteiger partial charge in [-0.3, -0.25) is 4.79 Å². The Kier molecular flexibility index (Phi) is 3.78. The third kappa shape index (κ3) is 4.08. The van der Waals surface area contributed by atoms with Crippen LogP contribution in [0, 0.1) is 0 Å². The third-order valence-corrected chi connectivity index (χ3v) is 2.35. The van der Waals surface area contributed by atoms with Crippen molar-refractivity contribution in [3.05, 3.63) is 0 Å². The van der Waals surface area contributed by atoms with Crippen molar-refractivity contribution in [3.8, 4) is 0 Å². The van der Waals surface area contributed by atoms with Crippen molar-refractivity contribution in [2.45, 2.75) is 45.8 Å². The minimum atomic E-state index is -0.483. The van der Waals surface area contributed by atoms with Gasteiger partial charge in [-0.05, 0) is 27.2 Å². The van der Waals surface area contributed by atoms with E-state index in [1.165, 1.54) is 6.92 Å². The lowest BCUT2D eigenvalue weighted by Gasteiger charge is -2.21. The fraction of sp³-hybridized carbons (Fsp3) is 0.818. The Bertz CT molecular complexity index is 283. The summed E-state index contributed by atoms with van der Waals surface area (Å²) in [6, 6.07) is 0.0127. The van der Waals surface area contributed by atoms with Crippen LogP contribution in [0.5, 0.6) is 0 Å². The molecule has 1 atom stereocenters. The first-order chi connectivity index (χ1) is 7.28. The van der Waals surface area contributed by atoms with Crippen LogP contribution in [0.15, 0.2) is 0 Å². The molecule has 1 heterocycles. The number of carbonyl (C=O) groups is 2. The first kappa shape index (κ1) is 12.8. The van der Waals surface area contributed by atoms with E-state index in [1.54, 1.807) is 4.90 Å². The van der Waals surface area contributed by atoms with Crippen LogP contribution < -0.4 is 5.32 Å². The molecule has 16 heavy (non-hydrogen) atoms. The van der Waals surface area contributed by atoms with E-state index < -0.39 is 11.7 Å². The molecule has 0 bridgehead atoms. The van der Waals surface area contributed by atoms with Crippen molar-refractivity contribution in [2.24, 2.45) is 0 Å². The number of likely N-dealkylation sites (tertiary alicyclic amines) is 1. The van der Waals surface area contributed by atoms with E-state index >= 15 is 0 Å². The molecule has 2 amide bonds. The molecule has 5 heteroatoms. The molecular formula is C11H20N2O3. The lowest BCUT2D eigenvalue weighted by Crippen LogP contribution is -2.41. The Hall–Kier alpha value is -1.26. The van der Waals surface area contributed by atoms with Crippen molar-refractivity contribution in [2.75, 3.05) is 13.1 Å². The molecule has 0 aromatic rings. The van der Waals surface area contributed by atoms with Gasteiger partial charge in [0.25, 0.3) is 0 Å². The zero-order valence-corrected chi connectivity index (χ0v) is 10.4. The van der Waals surface area contributed by atoms with Gasteiger partial charge >= 0.3 is 6.09 Å². The second-order valence-corrected chi connectivity index (χ2v) is 5.10. The monoisotopic (exact) mass is 228 g/mol. The van der Waals surface area contributed by atoms with E-state index in [-0.39, 0.29) is 11.9 Å². The molecule has 5 nitrogen and oxygen atoms in total. The molecular weight excluding hydrogens is 208 g/mol. The molecule has 0 spiro atoms. The fourth-order valence-corrected chi connectivity index (χ4v) is 1.64. The maximum absolute atomic E-state index is 11.5. The Morgan fingerprint density at radius 3 is 2.44 bits per heavy atom. The van der Waals surface area contributed by atoms with Gasteiger partial charge in [0.1, 0.15) is 5.60 Å². The van der Waals surface area contributed by atoms with Crippen LogP contribution in [-0.4, -0.2) is 41.6 Å². The molecule has 1 aliphatic heterocycles. The zero-order valence-electron chi connectivity index (χ0n) is 10.4. The predicted molar refractivity (Wildman–Crippen MR) is 60.0 cm³/mol. The number of nitrogens with zero attached hydrogens (tertiary/aromatic N) is 1. The van der Waals surface area contributed by atoms with Crippen LogP contribution in [0.25, 0.3) is 0 Å². The number of hydrogen-bond donors (Lipinski definition) is 1. The number of nitrogens with one attached hydrogen (secondary N) is 1. The molecule has 92 valence electrons. The molecule has 0 radical (unpaired) electrons. The quantitative estimate of drug-likeness (QED) is 0.732. The number of amides is 2. The minimum absolute atomic E-state index is 0.0127. The van der Waals surface area contributed by atoms with Gasteiger partial charge in [-0.25, -0.2) is 4.79 Å². The van der Waals surface area contributed by atoms with Crippen LogP contribution in [0.2, 0.25) is 0 Å². The molecule has 1 rings (SSSR count). The first-order valence-electron chi connectivity index (χ1n) is 5.53. The molecule has 0 aromatic carbocycles. The largest absolute Gasteiger partial charge is 0.444 e. The highest BCUT2D eigenvalue weighted by Gasteiger charge is 2.27. The number of hydrogen-bond acceptors (Lipinski definition) is 3. The van der Waals surface area contributed by atoms with Crippen molar-refractivity contribution in [3.63, 3.8) is 0 Å². The summed E-state index contributed by atoms with van der Waals surface area (Å²) < 4.78 is 5.14. The molecule has 0 aliphatic carbocycles. The van der Waals surface area contributed by atoms with Gasteiger partial charge in [-0.2, -0.15) is 0 Å². The van der Waals surface area contributed by atoms with Crippen molar-refractivity contribution in [1.29, 1.82) is 0 Å². The van der Waals surface area contributed by atoms with E-state index in [9.17, 15) is 9.59 Å². The van der Waals surface area contributed by atoms with Gasteiger partial charge in [0.2, 0.25) is 5.91 Å². The Morgan fingerprint density at radius 2 is 2.00 bits per heavy atom. The average molecular weight is 228 g/mol. The topological polar surface area (TPSA) is 58.6 Å². The SMILES string of the molecule is CC(=O)N1CC[C@@H](NC(=O)OC(C)(C)C)C1. The van der Waals surface area contributed by atoms with Gasteiger partial charge < -0.3 is 15.0 Å². The minimum Gasteiger partial charge on any atom is -0.444 e. The van der Waals surface area contributed by atoms with Crippen molar-refractivity contribution >= 4 is 12.0 Å². The standard InChI is InChI=1S/C11H20N2O3/c1-8(14)13-6-5-9(7-13)12-10(15)16-11(2,3)4/h9H,5-7H2,1-4H3,(H,12,15)/t9-/m1/s1. The summed E-state index contributed by atoms with van der Waals surface area (Å²) in [6.07, 6.45) is 0.377. The van der Waals surface area contributed by atoms with E-state index in [2.05, 4.69) is 5.32 Å². The highest BCUT2D eigenvalue weighted by Crippen LogP contribution is 2.11. The average Bonchev–Trinajstić information content (AvgIpc) is 2.48. The summed E-state index contributed by atoms with van der Waals surface area (Å²) in [7, 11) is 0. The van der Waals surface area contributed by atoms with Crippen molar-refractivity contribution < 1.29 is 14.3 Å². The summed E-state index contributed by atoms with van der Waals surface area (Å²) in [5.41, 5.74) is -0.483. The molecule has 1 N–H and O–H groups in total. The number of carbonyl (C=O) groups excluding carboxylic acids is 2. The Labute approximate surface area is 96.1 Å². The summed E-state index contributed by atoms with van der Waals surface area (Å²) >= 11 is 0. The summed E-state index contributed by atoms with van der Waals surface area (Å²) in [5.74, 6) is 0.0495. The number of alkyl carbamates (subject to hydrolysis) is 1. The lowest BCUT2D eigenvalue weighted by atomic mass is 10.2. The Morgan fingerprint density at radius 1 is 1.38 bits per heavy atom. The third-order valence-electron chi connectivity index (χ3n) is 2.35. The maximum Gasteiger partial charge on any atom is 0.407 e. The van der Waals surface area contributed by atoms with Crippen LogP contribution in [0.1, 0.15) is 34.1 Å². The van der Waals surface area contributed by atoms with Crippen LogP contribution in [0.3, 0.4) is 0 Å². The van der Waals surface area contributed by atoms with E-state index in [1.807, 2.05) is 20.8 Å². The van der Waals surface area contributed by atoms with Crippen LogP contribution in [-0.2, 0) is 9.53 Å². The fourth-order valence-electron chi connectivity index (χ4n) is 1.64. The zero-order chi connectivity index (χ0) is 12.3. The lowest BCUT2D eigenvalue weighted by molar-refractivity contribution is -0.127. The molecule has 1 saturated heterocycles. The maximum atomic E-state index is 11.5. The number of rotatable bonds is 1. The van der Waals surface area contributed by atoms with Crippen LogP contribution >= 0.6 is 0 Å². The predicted octanol–water partition coefficient (Wildman–Crippen LogP) is 1.13. The summed E-state index contributed by atoms with van der Waals surface area (Å²) in [4.78, 5) is 24.3. The Balaban J connectivity index is 2.34. The first-order valence-corrected chi connectivity index (χ1v) is 5.53. The summed E-state index contributed by atoms with van der Waals surface area (Å²) in [6.45, 7) is 8.29. The van der Waals surface area contributed by atoms with Crippen molar-refractivity contribution in [1.82, 2.24) is 10.2 Å².